The third-order valence-corrected chi connectivity index (χ3v) is 5.01. The van der Waals surface area contributed by atoms with E-state index in [1.54, 1.807) is 0 Å². The molecule has 1 aliphatic heterocycles. The van der Waals surface area contributed by atoms with E-state index >= 15 is 0 Å². The number of morpholine rings is 1. The smallest absolute Gasteiger partial charge is 0.0642 e. The topological polar surface area (TPSA) is 24.5 Å². The molecule has 134 valence electrons. The highest BCUT2D eigenvalue weighted by molar-refractivity contribution is 5.48. The Morgan fingerprint density at radius 3 is 2.20 bits per heavy atom. The van der Waals surface area contributed by atoms with Crippen molar-refractivity contribution < 1.29 is 4.74 Å². The fourth-order valence-electron chi connectivity index (χ4n) is 3.57. The average Bonchev–Trinajstić information content (AvgIpc) is 2.68. The number of benzene rings is 2. The van der Waals surface area contributed by atoms with Gasteiger partial charge in [0.2, 0.25) is 0 Å². The van der Waals surface area contributed by atoms with Crippen LogP contribution >= 0.6 is 0 Å². The van der Waals surface area contributed by atoms with E-state index in [0.717, 1.165) is 45.7 Å². The van der Waals surface area contributed by atoms with Crippen molar-refractivity contribution in [1.29, 1.82) is 0 Å². The predicted octanol–water partition coefficient (Wildman–Crippen LogP) is 3.53. The van der Waals surface area contributed by atoms with Crippen molar-refractivity contribution >= 4 is 5.69 Å². The van der Waals surface area contributed by atoms with E-state index in [9.17, 15) is 0 Å². The van der Waals surface area contributed by atoms with Crippen LogP contribution in [0, 0.1) is 5.92 Å². The maximum absolute atomic E-state index is 5.44. The second-order valence-corrected chi connectivity index (χ2v) is 6.92. The molecule has 1 heterocycles. The summed E-state index contributed by atoms with van der Waals surface area (Å²) >= 11 is 0. The number of nitrogens with one attached hydrogen (secondary N) is 1. The summed E-state index contributed by atoms with van der Waals surface area (Å²) in [7, 11) is 2.04. The van der Waals surface area contributed by atoms with Gasteiger partial charge in [-0.1, -0.05) is 42.5 Å². The lowest BCUT2D eigenvalue weighted by atomic mass is 9.90. The Morgan fingerprint density at radius 1 is 0.920 bits per heavy atom. The largest absolute Gasteiger partial charge is 0.378 e. The highest BCUT2D eigenvalue weighted by Gasteiger charge is 2.13. The fraction of sp³-hybridized carbons (Fsp3) is 0.455. The molecule has 1 N–H and O–H groups in total. The van der Waals surface area contributed by atoms with Gasteiger partial charge in [0.05, 0.1) is 13.2 Å². The first-order chi connectivity index (χ1) is 12.3. The lowest BCUT2D eigenvalue weighted by molar-refractivity contribution is 0.122. The van der Waals surface area contributed by atoms with Crippen LogP contribution in [0.15, 0.2) is 54.6 Å². The van der Waals surface area contributed by atoms with Gasteiger partial charge in [-0.05, 0) is 62.0 Å². The molecule has 1 saturated heterocycles. The zero-order valence-corrected chi connectivity index (χ0v) is 15.3. The predicted molar refractivity (Wildman–Crippen MR) is 105 cm³/mol. The maximum atomic E-state index is 5.44. The van der Waals surface area contributed by atoms with Crippen LogP contribution in [0.5, 0.6) is 0 Å². The lowest BCUT2D eigenvalue weighted by Crippen LogP contribution is -2.36. The van der Waals surface area contributed by atoms with Crippen LogP contribution in [-0.2, 0) is 17.6 Å². The molecule has 0 aromatic heterocycles. The third kappa shape index (κ3) is 5.58. The average molecular weight is 338 g/mol. The van der Waals surface area contributed by atoms with Gasteiger partial charge in [0.15, 0.2) is 0 Å². The van der Waals surface area contributed by atoms with Gasteiger partial charge >= 0.3 is 0 Å². The molecule has 0 aliphatic carbocycles. The minimum atomic E-state index is 0.670. The molecule has 1 aliphatic rings. The number of hydrogen-bond acceptors (Lipinski definition) is 3. The molecular weight excluding hydrogens is 308 g/mol. The molecule has 1 unspecified atom stereocenters. The monoisotopic (exact) mass is 338 g/mol. The van der Waals surface area contributed by atoms with E-state index in [0.29, 0.717) is 5.92 Å². The maximum Gasteiger partial charge on any atom is 0.0642 e. The number of hydrogen-bond donors (Lipinski definition) is 1. The summed E-state index contributed by atoms with van der Waals surface area (Å²) in [6.07, 6.45) is 3.49. The van der Waals surface area contributed by atoms with Crippen LogP contribution in [-0.4, -0.2) is 39.9 Å². The van der Waals surface area contributed by atoms with Gasteiger partial charge in [-0.15, -0.1) is 0 Å². The molecule has 0 bridgehead atoms. The molecule has 3 rings (SSSR count). The normalized spacial score (nSPS) is 16.0. The van der Waals surface area contributed by atoms with Crippen LogP contribution in [0.25, 0.3) is 0 Å². The molecule has 25 heavy (non-hydrogen) atoms. The standard InChI is InChI=1S/C22H30N2O/c1-23-12-11-21(17-19-5-3-2-4-6-19)18-20-7-9-22(10-8-20)24-13-15-25-16-14-24/h2-10,21,23H,11-18H2,1H3. The summed E-state index contributed by atoms with van der Waals surface area (Å²) in [6, 6.07) is 20.0. The van der Waals surface area contributed by atoms with Crippen molar-refractivity contribution in [3.8, 4) is 0 Å². The first-order valence-electron chi connectivity index (χ1n) is 9.45. The Labute approximate surface area is 152 Å². The van der Waals surface area contributed by atoms with Crippen molar-refractivity contribution in [3.63, 3.8) is 0 Å². The molecule has 3 nitrogen and oxygen atoms in total. The fourth-order valence-corrected chi connectivity index (χ4v) is 3.57. The summed E-state index contributed by atoms with van der Waals surface area (Å²) in [6.45, 7) is 4.75. The van der Waals surface area contributed by atoms with Gasteiger partial charge in [-0.2, -0.15) is 0 Å². The zero-order chi connectivity index (χ0) is 17.3. The Balaban J connectivity index is 1.62. The summed E-state index contributed by atoms with van der Waals surface area (Å²) < 4.78 is 5.44. The molecule has 2 aromatic carbocycles. The van der Waals surface area contributed by atoms with E-state index in [2.05, 4.69) is 64.8 Å². The van der Waals surface area contributed by atoms with Crippen LogP contribution in [0.1, 0.15) is 17.5 Å². The summed E-state index contributed by atoms with van der Waals surface area (Å²) in [5, 5.41) is 3.30. The molecule has 0 spiro atoms. The van der Waals surface area contributed by atoms with Gasteiger partial charge in [-0.25, -0.2) is 0 Å². The minimum Gasteiger partial charge on any atom is -0.378 e. The molecular formula is C22H30N2O. The van der Waals surface area contributed by atoms with Crippen LogP contribution in [0.4, 0.5) is 5.69 Å². The number of rotatable bonds is 8. The molecule has 3 heteroatoms. The first-order valence-corrected chi connectivity index (χ1v) is 9.45. The van der Waals surface area contributed by atoms with Crippen LogP contribution in [0.2, 0.25) is 0 Å². The van der Waals surface area contributed by atoms with Crippen molar-refractivity contribution in [3.05, 3.63) is 65.7 Å². The van der Waals surface area contributed by atoms with Gasteiger partial charge in [0.1, 0.15) is 0 Å². The van der Waals surface area contributed by atoms with Crippen LogP contribution in [0.3, 0.4) is 0 Å². The number of anilines is 1. The summed E-state index contributed by atoms with van der Waals surface area (Å²) in [4.78, 5) is 2.41. The molecule has 2 aromatic rings. The third-order valence-electron chi connectivity index (χ3n) is 5.01. The summed E-state index contributed by atoms with van der Waals surface area (Å²) in [5.74, 6) is 0.670. The lowest BCUT2D eigenvalue weighted by Gasteiger charge is -2.29. The van der Waals surface area contributed by atoms with E-state index in [1.165, 1.54) is 23.2 Å². The Morgan fingerprint density at radius 2 is 1.56 bits per heavy atom. The quantitative estimate of drug-likeness (QED) is 0.797. The second-order valence-electron chi connectivity index (χ2n) is 6.92. The second kappa shape index (κ2) is 9.59. The van der Waals surface area contributed by atoms with E-state index in [4.69, 9.17) is 4.74 Å². The summed E-state index contributed by atoms with van der Waals surface area (Å²) in [5.41, 5.74) is 4.20. The Bertz CT molecular complexity index is 606. The highest BCUT2D eigenvalue weighted by Crippen LogP contribution is 2.21. The van der Waals surface area contributed by atoms with Crippen molar-refractivity contribution in [2.75, 3.05) is 44.8 Å². The molecule has 1 atom stereocenters. The van der Waals surface area contributed by atoms with Crippen molar-refractivity contribution in [2.24, 2.45) is 5.92 Å². The minimum absolute atomic E-state index is 0.670. The van der Waals surface area contributed by atoms with Crippen molar-refractivity contribution in [1.82, 2.24) is 5.32 Å². The highest BCUT2D eigenvalue weighted by atomic mass is 16.5. The number of ether oxygens (including phenoxy) is 1. The van der Waals surface area contributed by atoms with Gasteiger partial charge in [0, 0.05) is 18.8 Å². The van der Waals surface area contributed by atoms with Gasteiger partial charge in [-0.3, -0.25) is 0 Å². The zero-order valence-electron chi connectivity index (χ0n) is 15.3. The first kappa shape index (κ1) is 18.0. The Kier molecular flexibility index (Phi) is 6.89. The van der Waals surface area contributed by atoms with E-state index < -0.39 is 0 Å². The Hall–Kier alpha value is -1.84. The molecule has 1 fully saturated rings. The SMILES string of the molecule is CNCCC(Cc1ccccc1)Cc1ccc(N2CCOCC2)cc1. The number of nitrogens with zero attached hydrogens (tertiary/aromatic N) is 1. The molecule has 0 saturated carbocycles. The van der Waals surface area contributed by atoms with E-state index in [-0.39, 0.29) is 0 Å². The van der Waals surface area contributed by atoms with Gasteiger partial charge < -0.3 is 15.0 Å². The van der Waals surface area contributed by atoms with E-state index in [1.807, 2.05) is 7.05 Å². The van der Waals surface area contributed by atoms with Crippen LogP contribution < -0.4 is 10.2 Å². The van der Waals surface area contributed by atoms with Crippen molar-refractivity contribution in [2.45, 2.75) is 19.3 Å². The van der Waals surface area contributed by atoms with Gasteiger partial charge in [0.25, 0.3) is 0 Å². The molecule has 0 amide bonds. The molecule has 0 radical (unpaired) electrons.